The summed E-state index contributed by atoms with van der Waals surface area (Å²) in [5.74, 6) is -0.248. The number of quaternary nitrogens is 1. The molecule has 0 aliphatic carbocycles. The molecule has 0 saturated heterocycles. The summed E-state index contributed by atoms with van der Waals surface area (Å²) in [5, 5.41) is 0. The normalized spacial score (nSPS) is 24.2. The summed E-state index contributed by atoms with van der Waals surface area (Å²) in [6.45, 7) is 5.89. The number of esters is 1. The molecule has 0 saturated carbocycles. The molecule has 0 N–H and O–H groups in total. The number of hydrogen-bond acceptors (Lipinski definition) is 3. The van der Waals surface area contributed by atoms with Gasteiger partial charge in [-0.05, 0) is 13.3 Å². The first kappa shape index (κ1) is 13.8. The molecule has 0 radical (unpaired) electrons. The zero-order valence-corrected chi connectivity index (χ0v) is 11.3. The van der Waals surface area contributed by atoms with Gasteiger partial charge in [0.1, 0.15) is 12.4 Å². The highest BCUT2D eigenvalue weighted by Gasteiger charge is 2.29. The molecule has 0 aromatic carbocycles. The fourth-order valence-electron chi connectivity index (χ4n) is 2.10. The Labute approximate surface area is 104 Å². The van der Waals surface area contributed by atoms with Crippen molar-refractivity contribution >= 4 is 5.97 Å². The van der Waals surface area contributed by atoms with Gasteiger partial charge in [-0.25, -0.2) is 4.79 Å². The molecular formula is C13H23N2O2+. The van der Waals surface area contributed by atoms with E-state index in [1.165, 1.54) is 7.11 Å². The molecule has 0 aromatic heterocycles. The monoisotopic (exact) mass is 239 g/mol. The minimum Gasteiger partial charge on any atom is -0.466 e. The fourth-order valence-corrected chi connectivity index (χ4v) is 2.10. The van der Waals surface area contributed by atoms with E-state index >= 15 is 0 Å². The Morgan fingerprint density at radius 1 is 1.59 bits per heavy atom. The number of nitrogens with zero attached hydrogens (tertiary/aromatic N) is 2. The molecule has 4 nitrogen and oxygen atoms in total. The van der Waals surface area contributed by atoms with Crippen molar-refractivity contribution in [2.24, 2.45) is 0 Å². The molecule has 1 aliphatic rings. The van der Waals surface area contributed by atoms with Crippen LogP contribution in [-0.4, -0.2) is 42.7 Å². The summed E-state index contributed by atoms with van der Waals surface area (Å²) in [5.41, 5.74) is 0.670. The fraction of sp³-hybridized carbons (Fsp3) is 0.615. The van der Waals surface area contributed by atoms with Gasteiger partial charge >= 0.3 is 5.97 Å². The van der Waals surface area contributed by atoms with E-state index in [1.54, 1.807) is 0 Å². The maximum absolute atomic E-state index is 11.5. The zero-order chi connectivity index (χ0) is 12.9. The summed E-state index contributed by atoms with van der Waals surface area (Å²) < 4.78 is 5.46. The van der Waals surface area contributed by atoms with Crippen molar-refractivity contribution in [3.8, 4) is 0 Å². The molecule has 0 bridgehead atoms. The van der Waals surface area contributed by atoms with Crippen molar-refractivity contribution in [1.29, 1.82) is 0 Å². The van der Waals surface area contributed by atoms with E-state index < -0.39 is 0 Å². The number of carbonyl (C=O) groups is 1. The van der Waals surface area contributed by atoms with Crippen molar-refractivity contribution < 1.29 is 14.0 Å². The topological polar surface area (TPSA) is 29.5 Å². The molecule has 0 spiro atoms. The van der Waals surface area contributed by atoms with Gasteiger partial charge in [0, 0.05) is 7.05 Å². The number of rotatable bonds is 5. The number of ether oxygens (including phenoxy) is 1. The van der Waals surface area contributed by atoms with Gasteiger partial charge in [0.15, 0.2) is 6.67 Å². The third-order valence-corrected chi connectivity index (χ3v) is 2.99. The van der Waals surface area contributed by atoms with Gasteiger partial charge in [-0.3, -0.25) is 4.48 Å². The Bertz CT molecular complexity index is 336. The summed E-state index contributed by atoms with van der Waals surface area (Å²) >= 11 is 0. The average molecular weight is 239 g/mol. The number of unbranched alkanes of at least 4 members (excludes halogenated alkanes) is 1. The molecule has 1 atom stereocenters. The van der Waals surface area contributed by atoms with E-state index in [1.807, 2.05) is 20.2 Å². The van der Waals surface area contributed by atoms with Crippen LogP contribution < -0.4 is 0 Å². The highest BCUT2D eigenvalue weighted by Crippen LogP contribution is 2.21. The van der Waals surface area contributed by atoms with Gasteiger partial charge in [0.2, 0.25) is 0 Å². The van der Waals surface area contributed by atoms with Crippen LogP contribution in [0, 0.1) is 0 Å². The molecule has 0 amide bonds. The van der Waals surface area contributed by atoms with E-state index in [0.29, 0.717) is 10.1 Å². The molecule has 0 fully saturated rings. The molecule has 1 heterocycles. The molecule has 1 rings (SSSR count). The number of carbonyl (C=O) groups excluding carboxylic acids is 1. The van der Waals surface area contributed by atoms with Gasteiger partial charge in [0.25, 0.3) is 0 Å². The smallest absolute Gasteiger partial charge is 0.338 e. The summed E-state index contributed by atoms with van der Waals surface area (Å²) in [7, 11) is 3.46. The molecule has 17 heavy (non-hydrogen) atoms. The molecule has 0 aromatic rings. The molecular weight excluding hydrogens is 216 g/mol. The lowest BCUT2D eigenvalue weighted by molar-refractivity contribution is -0.830. The molecule has 96 valence electrons. The van der Waals surface area contributed by atoms with Crippen LogP contribution in [0.25, 0.3) is 0 Å². The second kappa shape index (κ2) is 5.87. The highest BCUT2D eigenvalue weighted by atomic mass is 16.5. The Balaban J connectivity index is 2.85. The predicted molar refractivity (Wildman–Crippen MR) is 67.6 cm³/mol. The van der Waals surface area contributed by atoms with Gasteiger partial charge in [0.05, 0.1) is 25.4 Å². The second-order valence-electron chi connectivity index (χ2n) is 4.68. The lowest BCUT2D eigenvalue weighted by Gasteiger charge is -2.28. The lowest BCUT2D eigenvalue weighted by atomic mass is 10.2. The van der Waals surface area contributed by atoms with Crippen LogP contribution >= 0.6 is 0 Å². The van der Waals surface area contributed by atoms with E-state index in [4.69, 9.17) is 4.74 Å². The van der Waals surface area contributed by atoms with E-state index in [0.717, 1.165) is 26.1 Å². The van der Waals surface area contributed by atoms with E-state index in [-0.39, 0.29) is 5.97 Å². The Morgan fingerprint density at radius 3 is 2.76 bits per heavy atom. The maximum Gasteiger partial charge on any atom is 0.338 e. The summed E-state index contributed by atoms with van der Waals surface area (Å²) in [6.07, 6.45) is 8.51. The maximum atomic E-state index is 11.5. The average Bonchev–Trinajstić information content (AvgIpc) is 2.67. The third kappa shape index (κ3) is 3.60. The second-order valence-corrected chi connectivity index (χ2v) is 4.68. The van der Waals surface area contributed by atoms with Crippen LogP contribution in [0.2, 0.25) is 0 Å². The Hall–Kier alpha value is -1.29. The molecule has 1 unspecified atom stereocenters. The zero-order valence-electron chi connectivity index (χ0n) is 11.3. The Morgan fingerprint density at radius 2 is 2.29 bits per heavy atom. The minimum atomic E-state index is -0.248. The first-order chi connectivity index (χ1) is 8.03. The van der Waals surface area contributed by atoms with E-state index in [2.05, 4.69) is 24.2 Å². The van der Waals surface area contributed by atoms with Crippen molar-refractivity contribution in [3.63, 3.8) is 0 Å². The van der Waals surface area contributed by atoms with Crippen LogP contribution in [-0.2, 0) is 9.53 Å². The first-order valence-corrected chi connectivity index (χ1v) is 6.07. The third-order valence-electron chi connectivity index (χ3n) is 2.99. The summed E-state index contributed by atoms with van der Waals surface area (Å²) in [6, 6.07) is 0. The summed E-state index contributed by atoms with van der Waals surface area (Å²) in [4.78, 5) is 13.6. The van der Waals surface area contributed by atoms with Gasteiger partial charge in [-0.15, -0.1) is 0 Å². The predicted octanol–water partition coefficient (Wildman–Crippen LogP) is 2.05. The number of methoxy groups -OCH3 is 1. The van der Waals surface area contributed by atoms with Crippen LogP contribution in [0.4, 0.5) is 0 Å². The quantitative estimate of drug-likeness (QED) is 0.418. The van der Waals surface area contributed by atoms with Crippen molar-refractivity contribution in [1.82, 2.24) is 4.90 Å². The standard InChI is InChI=1S/C13H23N2O2/c1-5-6-8-15(9-7-14(3)11-15)10-12(2)13(16)17-4/h7,9-10H,5-6,8,11H2,1-4H3/q+1. The Kier molecular flexibility index (Phi) is 4.75. The van der Waals surface area contributed by atoms with E-state index in [9.17, 15) is 4.79 Å². The highest BCUT2D eigenvalue weighted by molar-refractivity contribution is 5.87. The van der Waals surface area contributed by atoms with Crippen LogP contribution in [0.3, 0.4) is 0 Å². The molecule has 1 aliphatic heterocycles. The largest absolute Gasteiger partial charge is 0.466 e. The van der Waals surface area contributed by atoms with Gasteiger partial charge in [-0.1, -0.05) is 13.3 Å². The van der Waals surface area contributed by atoms with Crippen molar-refractivity contribution in [2.45, 2.75) is 26.7 Å². The lowest BCUT2D eigenvalue weighted by Crippen LogP contribution is -2.40. The SMILES string of the molecule is CCCC[N+]1(C=C(C)C(=O)OC)C=CN(C)C1. The van der Waals surface area contributed by atoms with Crippen LogP contribution in [0.1, 0.15) is 26.7 Å². The van der Waals surface area contributed by atoms with Gasteiger partial charge in [-0.2, -0.15) is 0 Å². The van der Waals surface area contributed by atoms with Crippen molar-refractivity contribution in [2.75, 3.05) is 27.4 Å². The van der Waals surface area contributed by atoms with Crippen LogP contribution in [0.15, 0.2) is 24.2 Å². The van der Waals surface area contributed by atoms with Crippen LogP contribution in [0.5, 0.6) is 0 Å². The number of hydrogen-bond donors (Lipinski definition) is 0. The van der Waals surface area contributed by atoms with Gasteiger partial charge < -0.3 is 9.64 Å². The van der Waals surface area contributed by atoms with Crippen molar-refractivity contribution in [3.05, 3.63) is 24.2 Å². The first-order valence-electron chi connectivity index (χ1n) is 6.07. The minimum absolute atomic E-state index is 0.248. The molecule has 4 heteroatoms.